The van der Waals surface area contributed by atoms with Gasteiger partial charge in [-0.15, -0.1) is 0 Å². The summed E-state index contributed by atoms with van der Waals surface area (Å²) >= 11 is -3.99. The predicted octanol–water partition coefficient (Wildman–Crippen LogP) is 8.72. The molecule has 0 aromatic heterocycles. The number of allylic oxidation sites excluding steroid dienone is 4. The Balaban J connectivity index is 0.00000372. The summed E-state index contributed by atoms with van der Waals surface area (Å²) in [4.78, 5) is 0. The van der Waals surface area contributed by atoms with E-state index in [1.54, 1.807) is 12.1 Å². The Labute approximate surface area is 361 Å². The topological polar surface area (TPSA) is 0 Å². The van der Waals surface area contributed by atoms with Gasteiger partial charge in [-0.05, 0) is 0 Å². The number of halogens is 8. The van der Waals surface area contributed by atoms with Gasteiger partial charge in [-0.1, -0.05) is 0 Å². The Hall–Kier alpha value is -2.74. The number of alkyl halides is 6. The van der Waals surface area contributed by atoms with Gasteiger partial charge in [0.05, 0.1) is 0 Å². The van der Waals surface area contributed by atoms with Crippen molar-refractivity contribution in [2.45, 2.75) is 127 Å². The summed E-state index contributed by atoms with van der Waals surface area (Å²) < 4.78 is 88.4. The molecule has 0 atom stereocenters. The predicted molar refractivity (Wildman–Crippen MR) is 216 cm³/mol. The molecule has 0 amide bonds. The van der Waals surface area contributed by atoms with Crippen molar-refractivity contribution in [3.8, 4) is 11.1 Å². The fourth-order valence-corrected chi connectivity index (χ4v) is 21.5. The molecule has 0 radical (unpaired) electrons. The van der Waals surface area contributed by atoms with Crippen molar-refractivity contribution in [2.24, 2.45) is 0 Å². The van der Waals surface area contributed by atoms with Gasteiger partial charge in [0, 0.05) is 0 Å². The summed E-state index contributed by atoms with van der Waals surface area (Å²) in [7, 11) is 0. The van der Waals surface area contributed by atoms with Crippen LogP contribution < -0.4 is 24.8 Å². The van der Waals surface area contributed by atoms with Crippen molar-refractivity contribution in [2.75, 3.05) is 0 Å². The molecule has 6 rings (SSSR count). The second kappa shape index (κ2) is 16.3. The molecule has 0 nitrogen and oxygen atoms in total. The van der Waals surface area contributed by atoms with E-state index in [-0.39, 0.29) is 50.1 Å². The second-order valence-corrected chi connectivity index (χ2v) is 28.8. The third-order valence-corrected chi connectivity index (χ3v) is 23.3. The summed E-state index contributed by atoms with van der Waals surface area (Å²) in [6, 6.07) is 20.0. The number of rotatable bonds is 4. The number of hydrogen-bond acceptors (Lipinski definition) is 0. The Kier molecular flexibility index (Phi) is 13.4. The minimum atomic E-state index is -4.63. The first-order valence-corrected chi connectivity index (χ1v) is 25.1. The van der Waals surface area contributed by atoms with Crippen LogP contribution in [0.4, 0.5) is 26.3 Å². The molecule has 9 heteroatoms. The Morgan fingerprint density at radius 3 is 1.19 bits per heavy atom. The SMILES string of the molecule is CC(C)(C)c1cc2c(cc1C(C)(C)C)[CH]([Hf+2]([C]1=CC=CC1)=[C](c1cccc(C(F)(F)F)c1)c1cccc(C(F)(F)F)c1)c1cc(C(C)(C)C)c(C(C)(C)C)cc1-2.[Cl-].[Cl-]. The molecule has 4 aromatic carbocycles. The van der Waals surface area contributed by atoms with E-state index in [0.29, 0.717) is 20.8 Å². The molecule has 0 saturated carbocycles. The minimum absolute atomic E-state index is 0. The maximum Gasteiger partial charge on any atom is -1.00 e. The van der Waals surface area contributed by atoms with Gasteiger partial charge < -0.3 is 24.8 Å². The van der Waals surface area contributed by atoms with Crippen LogP contribution in [0.1, 0.15) is 149 Å². The van der Waals surface area contributed by atoms with Crippen LogP contribution in [0.3, 0.4) is 0 Å². The molecule has 4 aromatic rings. The van der Waals surface area contributed by atoms with Crippen LogP contribution >= 0.6 is 0 Å². The van der Waals surface area contributed by atoms with Gasteiger partial charge in [0.1, 0.15) is 0 Å². The third-order valence-electron chi connectivity index (χ3n) is 11.2. The van der Waals surface area contributed by atoms with Gasteiger partial charge in [-0.2, -0.15) is 0 Å². The molecule has 310 valence electrons. The Morgan fingerprint density at radius 2 is 0.879 bits per heavy atom. The first-order chi connectivity index (χ1) is 25.6. The summed E-state index contributed by atoms with van der Waals surface area (Å²) in [6.07, 6.45) is -2.47. The molecule has 0 heterocycles. The van der Waals surface area contributed by atoms with E-state index < -0.39 is 44.4 Å². The molecule has 2 aliphatic carbocycles. The molecule has 0 unspecified atom stereocenters. The van der Waals surface area contributed by atoms with E-state index in [9.17, 15) is 26.3 Å². The molecule has 0 bridgehead atoms. The van der Waals surface area contributed by atoms with Crippen molar-refractivity contribution >= 4 is 3.26 Å². The van der Waals surface area contributed by atoms with Gasteiger partial charge in [-0.25, -0.2) is 0 Å². The number of hydrogen-bond donors (Lipinski definition) is 0. The number of fused-ring (bicyclic) bond motifs is 3. The molecule has 0 spiro atoms. The van der Waals surface area contributed by atoms with Gasteiger partial charge in [0.15, 0.2) is 0 Å². The standard InChI is InChI=1S/C29H41.C15H8F6.C5H5.2ClH.Hf/c1-26(2,3)22-14-18-13-19-15-23(27(4,5)6)25(29(10,11)12)17-21(19)20(18)16-24(22)28(7,8)9;16-14(17,18)12-5-1-3-10(8-12)7-11-4-2-6-13(9-11)15(19,20)21;1-2-4-5-3-1;;;/h13-17H,1-12H3;1-6,8-9H;1-3H,4H2;2*1H;/q;;;;;+2/p-2. The van der Waals surface area contributed by atoms with Crippen LogP contribution in [-0.2, 0) is 55.0 Å². The van der Waals surface area contributed by atoms with Crippen molar-refractivity contribution in [3.63, 3.8) is 0 Å². The van der Waals surface area contributed by atoms with Crippen LogP contribution in [0, 0.1) is 0 Å². The molecule has 0 saturated heterocycles. The van der Waals surface area contributed by atoms with Crippen molar-refractivity contribution in [1.29, 1.82) is 0 Å². The fraction of sp³-hybridized carbons (Fsp3) is 0.408. The molecule has 58 heavy (non-hydrogen) atoms. The van der Waals surface area contributed by atoms with E-state index in [2.05, 4.69) is 120 Å². The maximum absolute atomic E-state index is 14.5. The Bertz CT molecular complexity index is 2160. The van der Waals surface area contributed by atoms with Crippen LogP contribution in [0.25, 0.3) is 11.1 Å². The molecule has 0 N–H and O–H groups in total. The second-order valence-electron chi connectivity index (χ2n) is 19.7. The smallest absolute Gasteiger partial charge is 1.00 e. The first-order valence-electron chi connectivity index (χ1n) is 19.4. The largest absolute Gasteiger partial charge is 1.00 e. The van der Waals surface area contributed by atoms with Crippen molar-refractivity contribution in [1.82, 2.24) is 0 Å². The van der Waals surface area contributed by atoms with Gasteiger partial charge >= 0.3 is 339 Å². The number of benzene rings is 4. The molecule has 0 fully saturated rings. The van der Waals surface area contributed by atoms with Crippen LogP contribution in [0.15, 0.2) is 94.4 Å². The Morgan fingerprint density at radius 1 is 0.517 bits per heavy atom. The van der Waals surface area contributed by atoms with E-state index in [1.165, 1.54) is 34.4 Å². The average Bonchev–Trinajstić information content (AvgIpc) is 3.70. The molecular formula is C49H54Cl2F6Hf. The first kappa shape index (κ1) is 47.9. The van der Waals surface area contributed by atoms with E-state index in [4.69, 9.17) is 0 Å². The summed E-state index contributed by atoms with van der Waals surface area (Å²) in [5.41, 5.74) is 7.59. The minimum Gasteiger partial charge on any atom is -1.00 e. The maximum atomic E-state index is 14.5. The fourth-order valence-electron chi connectivity index (χ4n) is 8.45. The van der Waals surface area contributed by atoms with Crippen LogP contribution in [-0.4, -0.2) is 3.26 Å². The third kappa shape index (κ3) is 9.42. The van der Waals surface area contributed by atoms with Gasteiger partial charge in [-0.3, -0.25) is 0 Å². The van der Waals surface area contributed by atoms with Gasteiger partial charge in [0.25, 0.3) is 0 Å². The normalized spacial score (nSPS) is 14.5. The average molecular weight is 1010 g/mol. The van der Waals surface area contributed by atoms with Crippen LogP contribution in [0.5, 0.6) is 0 Å². The zero-order valence-electron chi connectivity index (χ0n) is 35.5. The molecule has 2 aliphatic rings. The molecule has 0 aliphatic heterocycles. The quantitative estimate of drug-likeness (QED) is 0.142. The summed E-state index contributed by atoms with van der Waals surface area (Å²) in [5, 5.41) is 0. The zero-order chi connectivity index (χ0) is 41.6. The van der Waals surface area contributed by atoms with E-state index >= 15 is 0 Å². The van der Waals surface area contributed by atoms with E-state index in [0.717, 1.165) is 49.8 Å². The molecular weight excluding hydrogens is 952 g/mol. The van der Waals surface area contributed by atoms with E-state index in [1.807, 2.05) is 6.08 Å². The van der Waals surface area contributed by atoms with Gasteiger partial charge in [0.2, 0.25) is 0 Å². The van der Waals surface area contributed by atoms with Crippen molar-refractivity contribution < 1.29 is 72.1 Å². The van der Waals surface area contributed by atoms with Crippen LogP contribution in [0.2, 0.25) is 0 Å². The summed E-state index contributed by atoms with van der Waals surface area (Å²) in [5.74, 6) is 0. The zero-order valence-corrected chi connectivity index (χ0v) is 40.6. The van der Waals surface area contributed by atoms with Crippen molar-refractivity contribution in [3.05, 3.63) is 150 Å². The summed E-state index contributed by atoms with van der Waals surface area (Å²) in [6.45, 7) is 26.6. The monoisotopic (exact) mass is 1010 g/mol.